The minimum absolute atomic E-state index is 0.0656. The number of piperidine rings is 1. The van der Waals surface area contributed by atoms with E-state index in [-0.39, 0.29) is 45.1 Å². The van der Waals surface area contributed by atoms with Crippen molar-refractivity contribution in [3.8, 4) is 0 Å². The third kappa shape index (κ3) is 6.70. The predicted molar refractivity (Wildman–Crippen MR) is 174 cm³/mol. The molecule has 3 aliphatic rings. The highest BCUT2D eigenvalue weighted by Crippen LogP contribution is 2.50. The number of Topliss-reactive ketones (excluding diaryl/α,β-unsaturated/α-hetero) is 2. The Balaban J connectivity index is 2.52. The SMILES string of the molecule is CC(C)(C)C1=CC(=C(C2=CC(C(C)(C)C)C(=O)C(C(C)(C)C)=C2)C2CC(C)(C)N([O])C(C)(C)C2)C=C(C(C)(C)C)C1=O. The summed E-state index contributed by atoms with van der Waals surface area (Å²) in [5.41, 5.74) is 3.31. The summed E-state index contributed by atoms with van der Waals surface area (Å²) in [6.45, 7) is 33.6. The van der Waals surface area contributed by atoms with Gasteiger partial charge in [-0.25, -0.2) is 0 Å². The number of nitrogens with zero attached hydrogens (tertiary/aromatic N) is 1. The standard InChI is InChI=1S/C38H58NO3/c1-33(2,3)26-17-23(18-27(31(26)40)34(4,5)6)30(25-21-37(13,14)39(42)38(15,16)22-25)24-19-28(35(7,8)9)32(41)29(20-24)36(10,11)12/h17-20,25-26H,21-22H2,1-16H3. The van der Waals surface area contributed by atoms with Crippen LogP contribution in [-0.4, -0.2) is 27.7 Å². The smallest absolute Gasteiger partial charge is 0.186 e. The molecule has 42 heavy (non-hydrogen) atoms. The molecule has 1 atom stereocenters. The Morgan fingerprint density at radius 1 is 0.690 bits per heavy atom. The third-order valence-electron chi connectivity index (χ3n) is 9.26. The van der Waals surface area contributed by atoms with Crippen LogP contribution in [0.3, 0.4) is 0 Å². The average molecular weight is 577 g/mol. The summed E-state index contributed by atoms with van der Waals surface area (Å²) in [7, 11) is 0. The minimum atomic E-state index is -0.569. The first kappa shape index (κ1) is 34.5. The van der Waals surface area contributed by atoms with E-state index >= 15 is 0 Å². The van der Waals surface area contributed by atoms with E-state index in [1.807, 2.05) is 27.7 Å². The molecule has 1 aliphatic heterocycles. The third-order valence-corrected chi connectivity index (χ3v) is 9.26. The van der Waals surface area contributed by atoms with Crippen LogP contribution in [-0.2, 0) is 14.8 Å². The van der Waals surface area contributed by atoms with Crippen LogP contribution in [0.1, 0.15) is 124 Å². The molecule has 4 nitrogen and oxygen atoms in total. The van der Waals surface area contributed by atoms with Crippen molar-refractivity contribution >= 4 is 11.6 Å². The fraction of sp³-hybridized carbons (Fsp3) is 0.684. The highest BCUT2D eigenvalue weighted by atomic mass is 16.5. The molecule has 0 amide bonds. The van der Waals surface area contributed by atoms with Gasteiger partial charge in [0.25, 0.3) is 0 Å². The number of allylic oxidation sites excluding steroid dienone is 10. The molecule has 0 aromatic heterocycles. The van der Waals surface area contributed by atoms with Gasteiger partial charge in [0.15, 0.2) is 11.6 Å². The van der Waals surface area contributed by atoms with Gasteiger partial charge in [0, 0.05) is 33.7 Å². The summed E-state index contributed by atoms with van der Waals surface area (Å²) in [6, 6.07) is 0. The average Bonchev–Trinajstić information content (AvgIpc) is 2.75. The highest BCUT2D eigenvalue weighted by Gasteiger charge is 2.49. The zero-order valence-electron chi connectivity index (χ0n) is 29.6. The zero-order chi connectivity index (χ0) is 32.6. The molecule has 1 radical (unpaired) electrons. The van der Waals surface area contributed by atoms with E-state index in [2.05, 4.69) is 107 Å². The highest BCUT2D eigenvalue weighted by molar-refractivity contribution is 6.12. The molecule has 0 N–H and O–H groups in total. The monoisotopic (exact) mass is 576 g/mol. The Morgan fingerprint density at radius 3 is 1.45 bits per heavy atom. The van der Waals surface area contributed by atoms with Gasteiger partial charge in [-0.3, -0.25) is 9.59 Å². The number of hydroxylamine groups is 2. The van der Waals surface area contributed by atoms with Crippen LogP contribution in [0.15, 0.2) is 57.7 Å². The molecule has 0 aromatic carbocycles. The van der Waals surface area contributed by atoms with E-state index in [9.17, 15) is 14.8 Å². The molecule has 1 saturated heterocycles. The Kier molecular flexibility index (Phi) is 8.65. The minimum Gasteiger partial charge on any atom is -0.294 e. The normalized spacial score (nSPS) is 24.7. The molecule has 1 heterocycles. The lowest BCUT2D eigenvalue weighted by Gasteiger charge is -2.51. The van der Waals surface area contributed by atoms with Crippen molar-refractivity contribution in [1.29, 1.82) is 0 Å². The fourth-order valence-electron chi connectivity index (χ4n) is 7.10. The van der Waals surface area contributed by atoms with E-state index in [0.29, 0.717) is 12.8 Å². The Bertz CT molecular complexity index is 1240. The Hall–Kier alpha value is -2.04. The van der Waals surface area contributed by atoms with Crippen molar-refractivity contribution < 1.29 is 14.8 Å². The van der Waals surface area contributed by atoms with Crippen molar-refractivity contribution in [1.82, 2.24) is 5.06 Å². The van der Waals surface area contributed by atoms with Gasteiger partial charge in [-0.1, -0.05) is 89.2 Å². The summed E-state index contributed by atoms with van der Waals surface area (Å²) in [4.78, 5) is 27.9. The molecule has 1 fully saturated rings. The molecule has 233 valence electrons. The Labute approximate surface area is 257 Å². The van der Waals surface area contributed by atoms with E-state index in [0.717, 1.165) is 33.4 Å². The lowest BCUT2D eigenvalue weighted by molar-refractivity contribution is -0.292. The van der Waals surface area contributed by atoms with Gasteiger partial charge in [0.05, 0.1) is 0 Å². The molecule has 0 spiro atoms. The lowest BCUT2D eigenvalue weighted by atomic mass is 9.64. The van der Waals surface area contributed by atoms with Crippen molar-refractivity contribution in [3.05, 3.63) is 57.7 Å². The van der Waals surface area contributed by atoms with Gasteiger partial charge in [0.2, 0.25) is 0 Å². The molecular formula is C38H58NO3. The summed E-state index contributed by atoms with van der Waals surface area (Å²) in [5, 5.41) is 14.8. The van der Waals surface area contributed by atoms with Crippen LogP contribution in [0.2, 0.25) is 0 Å². The second-order valence-electron chi connectivity index (χ2n) is 18.5. The van der Waals surface area contributed by atoms with Gasteiger partial charge < -0.3 is 0 Å². The van der Waals surface area contributed by atoms with Crippen LogP contribution >= 0.6 is 0 Å². The number of ketones is 2. The summed E-state index contributed by atoms with van der Waals surface area (Å²) in [5.74, 6) is 0.0920. The summed E-state index contributed by atoms with van der Waals surface area (Å²) < 4.78 is 0. The Morgan fingerprint density at radius 2 is 1.10 bits per heavy atom. The van der Waals surface area contributed by atoms with E-state index in [1.165, 1.54) is 5.06 Å². The number of rotatable bonds is 2. The van der Waals surface area contributed by atoms with E-state index in [4.69, 9.17) is 0 Å². The lowest BCUT2D eigenvalue weighted by Crippen LogP contribution is -2.58. The molecule has 0 saturated carbocycles. The van der Waals surface area contributed by atoms with Crippen molar-refractivity contribution in [2.75, 3.05) is 0 Å². The second kappa shape index (κ2) is 10.5. The van der Waals surface area contributed by atoms with E-state index < -0.39 is 11.1 Å². The number of carbonyl (C=O) groups excluding carboxylic acids is 2. The molecule has 2 aliphatic carbocycles. The number of hydrogen-bond donors (Lipinski definition) is 0. The van der Waals surface area contributed by atoms with Crippen molar-refractivity contribution in [2.45, 2.75) is 135 Å². The van der Waals surface area contributed by atoms with Gasteiger partial charge in [0.1, 0.15) is 0 Å². The molecule has 0 aromatic rings. The maximum atomic E-state index is 14.0. The van der Waals surface area contributed by atoms with Crippen molar-refractivity contribution in [2.24, 2.45) is 33.5 Å². The predicted octanol–water partition coefficient (Wildman–Crippen LogP) is 9.57. The van der Waals surface area contributed by atoms with Crippen LogP contribution in [0, 0.1) is 33.5 Å². The van der Waals surface area contributed by atoms with Crippen LogP contribution in [0.5, 0.6) is 0 Å². The first-order chi connectivity index (χ1) is 18.6. The molecule has 4 heteroatoms. The maximum Gasteiger partial charge on any atom is 0.186 e. The molecule has 1 unspecified atom stereocenters. The van der Waals surface area contributed by atoms with E-state index in [1.54, 1.807) is 0 Å². The topological polar surface area (TPSA) is 57.3 Å². The van der Waals surface area contributed by atoms with Gasteiger partial charge in [-0.05, 0) is 103 Å². The van der Waals surface area contributed by atoms with Gasteiger partial charge in [-0.15, -0.1) is 10.3 Å². The molecule has 3 rings (SSSR count). The maximum absolute atomic E-state index is 14.0. The zero-order valence-corrected chi connectivity index (χ0v) is 29.6. The first-order valence-corrected chi connectivity index (χ1v) is 15.8. The van der Waals surface area contributed by atoms with Crippen LogP contribution in [0.25, 0.3) is 0 Å². The van der Waals surface area contributed by atoms with Crippen LogP contribution < -0.4 is 0 Å². The second-order valence-corrected chi connectivity index (χ2v) is 18.5. The fourth-order valence-corrected chi connectivity index (χ4v) is 7.10. The first-order valence-electron chi connectivity index (χ1n) is 15.8. The number of carbonyl (C=O) groups is 2. The van der Waals surface area contributed by atoms with Crippen LogP contribution in [0.4, 0.5) is 0 Å². The summed E-state index contributed by atoms with van der Waals surface area (Å²) in [6.07, 6.45) is 9.93. The molecular weight excluding hydrogens is 518 g/mol. The largest absolute Gasteiger partial charge is 0.294 e. The van der Waals surface area contributed by atoms with Crippen molar-refractivity contribution in [3.63, 3.8) is 0 Å². The molecule has 0 bridgehead atoms. The number of hydrogen-bond acceptors (Lipinski definition) is 3. The van der Waals surface area contributed by atoms with Gasteiger partial charge >= 0.3 is 0 Å². The quantitative estimate of drug-likeness (QED) is 0.329. The van der Waals surface area contributed by atoms with Gasteiger partial charge in [-0.2, -0.15) is 0 Å². The summed E-state index contributed by atoms with van der Waals surface area (Å²) >= 11 is 0.